The fourth-order valence-corrected chi connectivity index (χ4v) is 2.85. The van der Waals surface area contributed by atoms with E-state index in [1.165, 1.54) is 17.5 Å². The van der Waals surface area contributed by atoms with E-state index >= 15 is 0 Å². The first kappa shape index (κ1) is 22.6. The topological polar surface area (TPSA) is 34.1 Å². The molecule has 0 unspecified atom stereocenters. The van der Waals surface area contributed by atoms with Gasteiger partial charge in [0.2, 0.25) is 0 Å². The zero-order valence-corrected chi connectivity index (χ0v) is 17.8. The van der Waals surface area contributed by atoms with Crippen LogP contribution >= 0.6 is 0 Å². The molecule has 1 rings (SSSR count). The number of hydrogen-bond donors (Lipinski definition) is 0. The summed E-state index contributed by atoms with van der Waals surface area (Å²) in [6.07, 6.45) is 6.53. The molecular formula is C24H38O2. The summed E-state index contributed by atoms with van der Waals surface area (Å²) in [5.74, 6) is 0.602. The van der Waals surface area contributed by atoms with E-state index in [4.69, 9.17) is 0 Å². The molecule has 0 amide bonds. The van der Waals surface area contributed by atoms with Gasteiger partial charge in [-0.3, -0.25) is 9.59 Å². The standard InChI is InChI=1S/C24H38O2/c1-23(2,3)17-16-20-11-9-10-19(18-20)14-15-21(25)12-7-8-13-22(26)24(4,5)6/h9-11,18H,7-8,12-17H2,1-6H3. The van der Waals surface area contributed by atoms with Crippen molar-refractivity contribution in [3.8, 4) is 0 Å². The minimum absolute atomic E-state index is 0.262. The van der Waals surface area contributed by atoms with Crippen molar-refractivity contribution in [3.63, 3.8) is 0 Å². The zero-order valence-electron chi connectivity index (χ0n) is 17.8. The molecule has 0 saturated carbocycles. The molecule has 0 heterocycles. The van der Waals surface area contributed by atoms with E-state index in [2.05, 4.69) is 45.0 Å². The third kappa shape index (κ3) is 9.89. The summed E-state index contributed by atoms with van der Waals surface area (Å²) < 4.78 is 0. The Morgan fingerprint density at radius 1 is 0.808 bits per heavy atom. The summed E-state index contributed by atoms with van der Waals surface area (Å²) in [7, 11) is 0. The smallest absolute Gasteiger partial charge is 0.138 e. The lowest BCUT2D eigenvalue weighted by atomic mass is 9.87. The minimum Gasteiger partial charge on any atom is -0.300 e. The lowest BCUT2D eigenvalue weighted by Crippen LogP contribution is -2.19. The first-order chi connectivity index (χ1) is 12.0. The van der Waals surface area contributed by atoms with E-state index in [1.807, 2.05) is 20.8 Å². The minimum atomic E-state index is -0.262. The summed E-state index contributed by atoms with van der Waals surface area (Å²) in [5, 5.41) is 0. The van der Waals surface area contributed by atoms with Gasteiger partial charge >= 0.3 is 0 Å². The second-order valence-electron chi connectivity index (χ2n) is 9.80. The van der Waals surface area contributed by atoms with Gasteiger partial charge in [-0.1, -0.05) is 65.8 Å². The van der Waals surface area contributed by atoms with Crippen LogP contribution in [0.1, 0.15) is 91.2 Å². The molecule has 0 spiro atoms. The highest BCUT2D eigenvalue weighted by Gasteiger charge is 2.20. The van der Waals surface area contributed by atoms with Crippen molar-refractivity contribution in [2.45, 2.75) is 92.9 Å². The van der Waals surface area contributed by atoms with E-state index < -0.39 is 0 Å². The number of rotatable bonds is 10. The van der Waals surface area contributed by atoms with Crippen molar-refractivity contribution in [2.75, 3.05) is 0 Å². The van der Waals surface area contributed by atoms with Gasteiger partial charge in [-0.05, 0) is 48.6 Å². The molecule has 0 aliphatic carbocycles. The molecule has 0 radical (unpaired) electrons. The van der Waals surface area contributed by atoms with Crippen LogP contribution in [0.4, 0.5) is 0 Å². The van der Waals surface area contributed by atoms with E-state index in [0.717, 1.165) is 25.7 Å². The van der Waals surface area contributed by atoms with Crippen molar-refractivity contribution in [1.82, 2.24) is 0 Å². The Morgan fingerprint density at radius 2 is 1.38 bits per heavy atom. The van der Waals surface area contributed by atoms with Crippen molar-refractivity contribution in [1.29, 1.82) is 0 Å². The van der Waals surface area contributed by atoms with Gasteiger partial charge in [0.05, 0.1) is 0 Å². The Hall–Kier alpha value is -1.44. The molecule has 0 atom stereocenters. The zero-order chi connectivity index (χ0) is 19.8. The van der Waals surface area contributed by atoms with Crippen LogP contribution in [-0.2, 0) is 22.4 Å². The largest absolute Gasteiger partial charge is 0.300 e. The molecular weight excluding hydrogens is 320 g/mol. The van der Waals surface area contributed by atoms with Gasteiger partial charge in [-0.25, -0.2) is 0 Å². The van der Waals surface area contributed by atoms with E-state index in [0.29, 0.717) is 30.5 Å². The Balaban J connectivity index is 2.31. The summed E-state index contributed by atoms with van der Waals surface area (Å²) in [5.41, 5.74) is 2.71. The molecule has 0 N–H and O–H groups in total. The molecule has 26 heavy (non-hydrogen) atoms. The lowest BCUT2D eigenvalue weighted by Gasteiger charge is -2.18. The summed E-state index contributed by atoms with van der Waals surface area (Å²) >= 11 is 0. The third-order valence-electron chi connectivity index (χ3n) is 4.79. The van der Waals surface area contributed by atoms with Gasteiger partial charge in [0.25, 0.3) is 0 Å². The SMILES string of the molecule is CC(C)(C)CCc1cccc(CCC(=O)CCCCC(=O)C(C)(C)C)c1. The van der Waals surface area contributed by atoms with Crippen LogP contribution in [0.25, 0.3) is 0 Å². The van der Waals surface area contributed by atoms with Crippen LogP contribution < -0.4 is 0 Å². The van der Waals surface area contributed by atoms with Crippen molar-refractivity contribution >= 4 is 11.6 Å². The molecule has 0 bridgehead atoms. The number of ketones is 2. The van der Waals surface area contributed by atoms with Crippen LogP contribution in [0, 0.1) is 10.8 Å². The average molecular weight is 359 g/mol. The van der Waals surface area contributed by atoms with Gasteiger partial charge in [-0.2, -0.15) is 0 Å². The molecule has 0 aromatic heterocycles. The van der Waals surface area contributed by atoms with Crippen LogP contribution in [0.15, 0.2) is 24.3 Å². The first-order valence-electron chi connectivity index (χ1n) is 10.1. The lowest BCUT2D eigenvalue weighted by molar-refractivity contribution is -0.126. The van der Waals surface area contributed by atoms with E-state index in [1.54, 1.807) is 0 Å². The van der Waals surface area contributed by atoms with Gasteiger partial charge in [0, 0.05) is 24.7 Å². The number of unbranched alkanes of at least 4 members (excludes halogenated alkanes) is 1. The molecule has 2 nitrogen and oxygen atoms in total. The highest BCUT2D eigenvalue weighted by molar-refractivity contribution is 5.83. The number of carbonyl (C=O) groups excluding carboxylic acids is 2. The van der Waals surface area contributed by atoms with Crippen molar-refractivity contribution in [3.05, 3.63) is 35.4 Å². The first-order valence-corrected chi connectivity index (χ1v) is 10.1. The number of benzene rings is 1. The maximum Gasteiger partial charge on any atom is 0.138 e. The highest BCUT2D eigenvalue weighted by Crippen LogP contribution is 2.22. The molecule has 0 saturated heterocycles. The highest BCUT2D eigenvalue weighted by atomic mass is 16.1. The van der Waals surface area contributed by atoms with Gasteiger partial charge in [-0.15, -0.1) is 0 Å². The third-order valence-corrected chi connectivity index (χ3v) is 4.79. The molecule has 146 valence electrons. The molecule has 2 heteroatoms. The van der Waals surface area contributed by atoms with Gasteiger partial charge < -0.3 is 0 Å². The monoisotopic (exact) mass is 358 g/mol. The number of Topliss-reactive ketones (excluding diaryl/α,β-unsaturated/α-hetero) is 2. The molecule has 0 fully saturated rings. The number of aryl methyl sites for hydroxylation is 2. The molecule has 0 aliphatic rings. The molecule has 1 aromatic carbocycles. The number of hydrogen-bond acceptors (Lipinski definition) is 2. The van der Waals surface area contributed by atoms with Crippen molar-refractivity contribution < 1.29 is 9.59 Å². The van der Waals surface area contributed by atoms with Gasteiger partial charge in [0.1, 0.15) is 11.6 Å². The van der Waals surface area contributed by atoms with E-state index in [-0.39, 0.29) is 11.2 Å². The van der Waals surface area contributed by atoms with Crippen LogP contribution in [0.5, 0.6) is 0 Å². The fraction of sp³-hybridized carbons (Fsp3) is 0.667. The Labute approximate surface area is 160 Å². The Bertz CT molecular complexity index is 585. The fourth-order valence-electron chi connectivity index (χ4n) is 2.85. The van der Waals surface area contributed by atoms with E-state index in [9.17, 15) is 9.59 Å². The summed E-state index contributed by atoms with van der Waals surface area (Å²) in [6.45, 7) is 12.7. The second-order valence-corrected chi connectivity index (χ2v) is 9.80. The van der Waals surface area contributed by atoms with Crippen LogP contribution in [0.3, 0.4) is 0 Å². The van der Waals surface area contributed by atoms with Gasteiger partial charge in [0.15, 0.2) is 0 Å². The molecule has 1 aromatic rings. The molecule has 0 aliphatic heterocycles. The summed E-state index contributed by atoms with van der Waals surface area (Å²) in [4.78, 5) is 24.0. The van der Waals surface area contributed by atoms with Crippen LogP contribution in [-0.4, -0.2) is 11.6 Å². The Kier molecular flexibility index (Phi) is 8.73. The van der Waals surface area contributed by atoms with Crippen LogP contribution in [0.2, 0.25) is 0 Å². The maximum atomic E-state index is 12.1. The Morgan fingerprint density at radius 3 is 1.96 bits per heavy atom. The average Bonchev–Trinajstić information content (AvgIpc) is 2.53. The quantitative estimate of drug-likeness (QED) is 0.457. The normalized spacial score (nSPS) is 12.2. The second kappa shape index (κ2) is 10.0. The maximum absolute atomic E-state index is 12.1. The predicted molar refractivity (Wildman–Crippen MR) is 110 cm³/mol. The number of carbonyl (C=O) groups is 2. The van der Waals surface area contributed by atoms with Crippen molar-refractivity contribution in [2.24, 2.45) is 10.8 Å². The predicted octanol–water partition coefficient (Wildman–Crippen LogP) is 6.34. The summed E-state index contributed by atoms with van der Waals surface area (Å²) in [6, 6.07) is 8.66.